The highest BCUT2D eigenvalue weighted by Gasteiger charge is 2.58. The predicted molar refractivity (Wildman–Crippen MR) is 103 cm³/mol. The lowest BCUT2D eigenvalue weighted by Crippen LogP contribution is -2.24. The molecular formula is C20H21O2PS. The number of rotatable bonds is 3. The Bertz CT molecular complexity index is 857. The van der Waals surface area contributed by atoms with Gasteiger partial charge in [-0.15, -0.1) is 0 Å². The lowest BCUT2D eigenvalue weighted by Gasteiger charge is -2.34. The van der Waals surface area contributed by atoms with E-state index in [1.165, 1.54) is 22.0 Å². The Balaban J connectivity index is 1.79. The molecule has 1 saturated heterocycles. The highest BCUT2D eigenvalue weighted by atomic mass is 32.4. The molecular weight excluding hydrogens is 335 g/mol. The third kappa shape index (κ3) is 2.23. The second kappa shape index (κ2) is 5.56. The zero-order chi connectivity index (χ0) is 16.9. The molecule has 0 aromatic heterocycles. The minimum atomic E-state index is -1.99. The molecule has 4 rings (SSSR count). The van der Waals surface area contributed by atoms with Gasteiger partial charge in [0, 0.05) is 16.9 Å². The van der Waals surface area contributed by atoms with Gasteiger partial charge in [0.2, 0.25) is 0 Å². The first-order chi connectivity index (χ1) is 11.5. The number of hydrogen-bond donors (Lipinski definition) is 0. The predicted octanol–water partition coefficient (Wildman–Crippen LogP) is 5.61. The standard InChI is InChI=1S/C20H21O2PS/c1-14-18(15-7-5-4-6-8-15)23(24)13-20(14,2)19(22-23)16-9-11-17(21-3)12-10-16/h4-12,19H,13H2,1-3H3/t19-,20-,23-/m1/s1. The molecule has 124 valence electrons. The van der Waals surface area contributed by atoms with Crippen LogP contribution < -0.4 is 4.74 Å². The van der Waals surface area contributed by atoms with Crippen LogP contribution >= 0.6 is 6.26 Å². The van der Waals surface area contributed by atoms with Crippen LogP contribution in [-0.2, 0) is 16.3 Å². The van der Waals surface area contributed by atoms with Gasteiger partial charge in [0.05, 0.1) is 19.5 Å². The normalized spacial score (nSPS) is 31.5. The van der Waals surface area contributed by atoms with E-state index in [2.05, 4.69) is 50.2 Å². The molecule has 2 aromatic rings. The van der Waals surface area contributed by atoms with Gasteiger partial charge in [0.25, 0.3) is 0 Å². The summed E-state index contributed by atoms with van der Waals surface area (Å²) in [6.45, 7) is 4.55. The minimum Gasteiger partial charge on any atom is -0.497 e. The molecule has 24 heavy (non-hydrogen) atoms. The quantitative estimate of drug-likeness (QED) is 0.666. The van der Waals surface area contributed by atoms with Crippen LogP contribution in [0.1, 0.15) is 31.1 Å². The van der Waals surface area contributed by atoms with Gasteiger partial charge >= 0.3 is 0 Å². The zero-order valence-corrected chi connectivity index (χ0v) is 15.9. The molecule has 4 heteroatoms. The monoisotopic (exact) mass is 356 g/mol. The average Bonchev–Trinajstić information content (AvgIpc) is 2.99. The van der Waals surface area contributed by atoms with E-state index < -0.39 is 6.26 Å². The first-order valence-electron chi connectivity index (χ1n) is 8.17. The summed E-state index contributed by atoms with van der Waals surface area (Å²) in [7, 11) is 1.69. The van der Waals surface area contributed by atoms with E-state index in [1.54, 1.807) is 7.11 Å². The summed E-state index contributed by atoms with van der Waals surface area (Å²) in [5, 5.41) is 1.30. The van der Waals surface area contributed by atoms with E-state index in [4.69, 9.17) is 21.1 Å². The van der Waals surface area contributed by atoms with Crippen molar-refractivity contribution in [1.82, 2.24) is 0 Å². The first-order valence-corrected chi connectivity index (χ1v) is 11.1. The molecule has 2 nitrogen and oxygen atoms in total. The summed E-state index contributed by atoms with van der Waals surface area (Å²) in [6, 6.07) is 18.7. The fraction of sp³-hybridized carbons (Fsp3) is 0.300. The molecule has 2 aromatic carbocycles. The lowest BCUT2D eigenvalue weighted by atomic mass is 9.76. The van der Waals surface area contributed by atoms with E-state index in [9.17, 15) is 0 Å². The van der Waals surface area contributed by atoms with Gasteiger partial charge in [0.15, 0.2) is 0 Å². The smallest absolute Gasteiger partial charge is 0.118 e. The minimum absolute atomic E-state index is 0.0186. The van der Waals surface area contributed by atoms with Crippen LogP contribution in [0.5, 0.6) is 5.75 Å². The van der Waals surface area contributed by atoms with E-state index in [0.29, 0.717) is 0 Å². The molecule has 0 unspecified atom stereocenters. The van der Waals surface area contributed by atoms with Crippen molar-refractivity contribution in [3.63, 3.8) is 0 Å². The van der Waals surface area contributed by atoms with Crippen LogP contribution in [0, 0.1) is 5.41 Å². The molecule has 0 amide bonds. The second-order valence-corrected chi connectivity index (χ2v) is 10.9. The van der Waals surface area contributed by atoms with Crippen LogP contribution in [0.3, 0.4) is 0 Å². The van der Waals surface area contributed by atoms with Crippen molar-refractivity contribution in [2.24, 2.45) is 5.41 Å². The van der Waals surface area contributed by atoms with Gasteiger partial charge in [-0.3, -0.25) is 0 Å². The summed E-state index contributed by atoms with van der Waals surface area (Å²) in [4.78, 5) is 0. The molecule has 0 spiro atoms. The first kappa shape index (κ1) is 16.1. The van der Waals surface area contributed by atoms with Crippen molar-refractivity contribution in [3.8, 4) is 5.75 Å². The Kier molecular flexibility index (Phi) is 3.72. The Hall–Kier alpha value is -1.41. The van der Waals surface area contributed by atoms with E-state index >= 15 is 0 Å². The SMILES string of the molecule is COc1ccc([C@H]2O[P@@]3(=S)C[C@]2(C)C(C)=C3c2ccccc2)cc1. The number of benzene rings is 2. The second-order valence-electron chi connectivity index (χ2n) is 6.85. The highest BCUT2D eigenvalue weighted by molar-refractivity contribution is 8.17. The molecule has 3 atom stereocenters. The Morgan fingerprint density at radius 3 is 2.38 bits per heavy atom. The van der Waals surface area contributed by atoms with Crippen molar-refractivity contribution in [1.29, 1.82) is 0 Å². The van der Waals surface area contributed by atoms with Crippen molar-refractivity contribution in [3.05, 3.63) is 71.3 Å². The topological polar surface area (TPSA) is 18.5 Å². The number of hydrogen-bond acceptors (Lipinski definition) is 3. The average molecular weight is 356 g/mol. The van der Waals surface area contributed by atoms with E-state index in [0.717, 1.165) is 11.9 Å². The maximum Gasteiger partial charge on any atom is 0.118 e. The molecule has 0 radical (unpaired) electrons. The molecule has 2 heterocycles. The maximum absolute atomic E-state index is 6.58. The van der Waals surface area contributed by atoms with Crippen LogP contribution in [0.15, 0.2) is 60.2 Å². The van der Waals surface area contributed by atoms with E-state index in [1.807, 2.05) is 18.2 Å². The lowest BCUT2D eigenvalue weighted by molar-refractivity contribution is 0.150. The van der Waals surface area contributed by atoms with Crippen molar-refractivity contribution in [2.75, 3.05) is 13.3 Å². The van der Waals surface area contributed by atoms with Crippen LogP contribution in [0.4, 0.5) is 0 Å². The van der Waals surface area contributed by atoms with Crippen molar-refractivity contribution < 1.29 is 9.26 Å². The van der Waals surface area contributed by atoms with Gasteiger partial charge in [-0.05, 0) is 30.2 Å². The molecule has 2 bridgehead atoms. The summed E-state index contributed by atoms with van der Waals surface area (Å²) in [5.74, 6) is 0.868. The van der Waals surface area contributed by atoms with Crippen LogP contribution in [-0.4, -0.2) is 13.3 Å². The molecule has 0 aliphatic carbocycles. The molecule has 1 fully saturated rings. The van der Waals surface area contributed by atoms with Crippen molar-refractivity contribution in [2.45, 2.75) is 20.0 Å². The third-order valence-electron chi connectivity index (χ3n) is 5.41. The van der Waals surface area contributed by atoms with Crippen LogP contribution in [0.2, 0.25) is 0 Å². The summed E-state index contributed by atoms with van der Waals surface area (Å²) >= 11 is 6.09. The Labute approximate surface area is 148 Å². The van der Waals surface area contributed by atoms with E-state index in [-0.39, 0.29) is 11.5 Å². The Morgan fingerprint density at radius 1 is 1.12 bits per heavy atom. The summed E-state index contributed by atoms with van der Waals surface area (Å²) in [5.41, 5.74) is 3.81. The zero-order valence-electron chi connectivity index (χ0n) is 14.2. The van der Waals surface area contributed by atoms with Gasteiger partial charge < -0.3 is 9.26 Å². The summed E-state index contributed by atoms with van der Waals surface area (Å²) in [6.07, 6.45) is -0.985. The van der Waals surface area contributed by atoms with Gasteiger partial charge in [0.1, 0.15) is 5.75 Å². The summed E-state index contributed by atoms with van der Waals surface area (Å²) < 4.78 is 11.8. The van der Waals surface area contributed by atoms with Gasteiger partial charge in [-0.25, -0.2) is 0 Å². The van der Waals surface area contributed by atoms with Gasteiger partial charge in [-0.2, -0.15) is 0 Å². The molecule has 0 N–H and O–H groups in total. The third-order valence-corrected chi connectivity index (χ3v) is 9.50. The number of methoxy groups -OCH3 is 1. The fourth-order valence-electron chi connectivity index (χ4n) is 4.03. The largest absolute Gasteiger partial charge is 0.497 e. The fourth-order valence-corrected chi connectivity index (χ4v) is 9.43. The molecule has 0 saturated carbocycles. The van der Waals surface area contributed by atoms with Crippen molar-refractivity contribution >= 4 is 23.4 Å². The van der Waals surface area contributed by atoms with Crippen LogP contribution in [0.25, 0.3) is 5.31 Å². The number of fused-ring (bicyclic) bond motifs is 2. The highest BCUT2D eigenvalue weighted by Crippen LogP contribution is 2.80. The molecule has 2 aliphatic heterocycles. The van der Waals surface area contributed by atoms with Gasteiger partial charge in [-0.1, -0.05) is 66.8 Å². The molecule has 2 aliphatic rings. The number of ether oxygens (including phenoxy) is 1. The maximum atomic E-state index is 6.58. The Morgan fingerprint density at radius 2 is 1.79 bits per heavy atom.